The van der Waals surface area contributed by atoms with E-state index in [2.05, 4.69) is 33.1 Å². The van der Waals surface area contributed by atoms with E-state index in [1.165, 1.54) is 0 Å². The topological polar surface area (TPSA) is 122 Å². The zero-order chi connectivity index (χ0) is 22.7. The Hall–Kier alpha value is -3.62. The number of carbonyl (C=O) groups is 1. The van der Waals surface area contributed by atoms with Crippen LogP contribution in [0.5, 0.6) is 5.75 Å². The summed E-state index contributed by atoms with van der Waals surface area (Å²) in [6.45, 7) is 5.37. The maximum absolute atomic E-state index is 11.8. The first-order chi connectivity index (χ1) is 14.8. The SMILES string of the molecule is CCOC(=O)COc1c(Br)cccc1/C=C1\C(C)=C(C#N)c2nc(N)c(C#N)c(C)c21. The molecule has 8 heteroatoms. The first-order valence-electron chi connectivity index (χ1n) is 9.44. The van der Waals surface area contributed by atoms with Gasteiger partial charge in [-0.05, 0) is 65.6 Å². The third-order valence-corrected chi connectivity index (χ3v) is 5.55. The van der Waals surface area contributed by atoms with Crippen molar-refractivity contribution in [1.29, 1.82) is 10.5 Å². The maximum atomic E-state index is 11.8. The number of benzene rings is 1. The van der Waals surface area contributed by atoms with Gasteiger partial charge in [-0.25, -0.2) is 9.78 Å². The Morgan fingerprint density at radius 3 is 2.68 bits per heavy atom. The standard InChI is InChI=1S/C23H19BrN4O3/c1-4-30-19(29)11-31-22-14(6-5-7-18(22)24)8-15-12(2)16(9-25)21-20(15)13(3)17(10-26)23(27)28-21/h5-8H,4,11H2,1-3H3,(H2,27,28)/b15-8+. The van der Waals surface area contributed by atoms with Crippen molar-refractivity contribution in [2.75, 3.05) is 18.9 Å². The number of fused-ring (bicyclic) bond motifs is 1. The van der Waals surface area contributed by atoms with E-state index in [1.54, 1.807) is 19.9 Å². The molecule has 0 fully saturated rings. The highest BCUT2D eigenvalue weighted by Crippen LogP contribution is 2.45. The van der Waals surface area contributed by atoms with Crippen molar-refractivity contribution in [1.82, 2.24) is 4.98 Å². The van der Waals surface area contributed by atoms with Crippen molar-refractivity contribution in [3.63, 3.8) is 0 Å². The largest absolute Gasteiger partial charge is 0.480 e. The Morgan fingerprint density at radius 2 is 2.03 bits per heavy atom. The molecule has 0 saturated carbocycles. The molecule has 156 valence electrons. The summed E-state index contributed by atoms with van der Waals surface area (Å²) in [5, 5.41) is 19.2. The molecule has 7 nitrogen and oxygen atoms in total. The molecule has 0 atom stereocenters. The number of ether oxygens (including phenoxy) is 2. The Morgan fingerprint density at radius 1 is 1.29 bits per heavy atom. The van der Waals surface area contributed by atoms with Gasteiger partial charge < -0.3 is 15.2 Å². The summed E-state index contributed by atoms with van der Waals surface area (Å²) in [6.07, 6.45) is 1.86. The number of rotatable bonds is 5. The third kappa shape index (κ3) is 4.03. The summed E-state index contributed by atoms with van der Waals surface area (Å²) in [5.41, 5.74) is 10.6. The van der Waals surface area contributed by atoms with Gasteiger partial charge >= 0.3 is 5.97 Å². The van der Waals surface area contributed by atoms with E-state index in [0.717, 1.165) is 11.1 Å². The van der Waals surface area contributed by atoms with E-state index in [-0.39, 0.29) is 24.6 Å². The molecule has 1 aromatic heterocycles. The molecular formula is C23H19BrN4O3. The third-order valence-electron chi connectivity index (χ3n) is 4.92. The second-order valence-electron chi connectivity index (χ2n) is 6.75. The number of nitriles is 2. The van der Waals surface area contributed by atoms with Crippen molar-refractivity contribution in [2.45, 2.75) is 20.8 Å². The van der Waals surface area contributed by atoms with Gasteiger partial charge in [-0.3, -0.25) is 0 Å². The van der Waals surface area contributed by atoms with Gasteiger partial charge in [0.1, 0.15) is 23.7 Å². The van der Waals surface area contributed by atoms with Crippen LogP contribution >= 0.6 is 15.9 Å². The molecule has 31 heavy (non-hydrogen) atoms. The highest BCUT2D eigenvalue weighted by molar-refractivity contribution is 9.10. The van der Waals surface area contributed by atoms with Crippen LogP contribution in [0.1, 0.15) is 41.8 Å². The number of aromatic nitrogens is 1. The van der Waals surface area contributed by atoms with Crippen LogP contribution in [0.25, 0.3) is 17.2 Å². The van der Waals surface area contributed by atoms with Gasteiger partial charge in [0.05, 0.1) is 27.9 Å². The number of nitrogen functional groups attached to an aromatic ring is 1. The fourth-order valence-corrected chi connectivity index (χ4v) is 3.97. The highest BCUT2D eigenvalue weighted by Gasteiger charge is 2.30. The van der Waals surface area contributed by atoms with Gasteiger partial charge in [-0.2, -0.15) is 10.5 Å². The lowest BCUT2D eigenvalue weighted by Crippen LogP contribution is -2.15. The monoisotopic (exact) mass is 478 g/mol. The minimum absolute atomic E-state index is 0.0986. The van der Waals surface area contributed by atoms with Crippen molar-refractivity contribution in [2.24, 2.45) is 0 Å². The molecule has 1 heterocycles. The molecule has 1 aromatic carbocycles. The van der Waals surface area contributed by atoms with Crippen LogP contribution in [0, 0.1) is 29.6 Å². The molecular weight excluding hydrogens is 460 g/mol. The fraction of sp³-hybridized carbons (Fsp3) is 0.217. The molecule has 3 rings (SSSR count). The molecule has 0 spiro atoms. The summed E-state index contributed by atoms with van der Waals surface area (Å²) in [5.74, 6) is 0.0888. The van der Waals surface area contributed by atoms with Gasteiger partial charge in [-0.15, -0.1) is 0 Å². The number of anilines is 1. The van der Waals surface area contributed by atoms with Crippen LogP contribution in [0.3, 0.4) is 0 Å². The summed E-state index contributed by atoms with van der Waals surface area (Å²) < 4.78 is 11.3. The molecule has 0 bridgehead atoms. The molecule has 2 aromatic rings. The molecule has 2 N–H and O–H groups in total. The lowest BCUT2D eigenvalue weighted by molar-refractivity contribution is -0.145. The quantitative estimate of drug-likeness (QED) is 0.631. The summed E-state index contributed by atoms with van der Waals surface area (Å²) in [7, 11) is 0. The Bertz CT molecular complexity index is 1230. The number of hydrogen-bond donors (Lipinski definition) is 1. The maximum Gasteiger partial charge on any atom is 0.344 e. The zero-order valence-corrected chi connectivity index (χ0v) is 18.8. The average Bonchev–Trinajstić information content (AvgIpc) is 2.98. The van der Waals surface area contributed by atoms with Crippen LogP contribution < -0.4 is 10.5 Å². The van der Waals surface area contributed by atoms with Gasteiger partial charge in [0.25, 0.3) is 0 Å². The number of esters is 1. The van der Waals surface area contributed by atoms with Crippen LogP contribution in [0.15, 0.2) is 28.2 Å². The van der Waals surface area contributed by atoms with Crippen LogP contribution in [-0.4, -0.2) is 24.2 Å². The molecule has 1 aliphatic rings. The van der Waals surface area contributed by atoms with Crippen molar-refractivity contribution in [3.8, 4) is 17.9 Å². The van der Waals surface area contributed by atoms with Crippen LogP contribution in [0.4, 0.5) is 5.82 Å². The molecule has 0 saturated heterocycles. The number of hydrogen-bond acceptors (Lipinski definition) is 7. The van der Waals surface area contributed by atoms with Gasteiger partial charge in [0.2, 0.25) is 0 Å². The van der Waals surface area contributed by atoms with E-state index in [9.17, 15) is 15.3 Å². The lowest BCUT2D eigenvalue weighted by atomic mass is 9.95. The van der Waals surface area contributed by atoms with Crippen LogP contribution in [0.2, 0.25) is 0 Å². The first kappa shape index (κ1) is 22.1. The average molecular weight is 479 g/mol. The molecule has 0 amide bonds. The molecule has 0 radical (unpaired) electrons. The second-order valence-corrected chi connectivity index (χ2v) is 7.61. The van der Waals surface area contributed by atoms with E-state index in [0.29, 0.717) is 38.2 Å². The van der Waals surface area contributed by atoms with E-state index in [4.69, 9.17) is 15.2 Å². The highest BCUT2D eigenvalue weighted by atomic mass is 79.9. The number of halogens is 1. The van der Waals surface area contributed by atoms with Crippen molar-refractivity contribution >= 4 is 44.9 Å². The first-order valence-corrected chi connectivity index (χ1v) is 10.2. The predicted octanol–water partition coefficient (Wildman–Crippen LogP) is 4.40. The predicted molar refractivity (Wildman–Crippen MR) is 120 cm³/mol. The van der Waals surface area contributed by atoms with Gasteiger partial charge in [0, 0.05) is 11.1 Å². The number of pyridine rings is 1. The Kier molecular flexibility index (Phi) is 6.43. The summed E-state index contributed by atoms with van der Waals surface area (Å²) in [6, 6.07) is 9.76. The Balaban J connectivity index is 2.17. The zero-order valence-electron chi connectivity index (χ0n) is 17.2. The lowest BCUT2D eigenvalue weighted by Gasteiger charge is -2.13. The molecule has 1 aliphatic carbocycles. The number of carbonyl (C=O) groups excluding carboxylic acids is 1. The number of nitrogens with zero attached hydrogens (tertiary/aromatic N) is 3. The summed E-state index contributed by atoms with van der Waals surface area (Å²) >= 11 is 3.46. The smallest absolute Gasteiger partial charge is 0.344 e. The minimum Gasteiger partial charge on any atom is -0.480 e. The van der Waals surface area contributed by atoms with Crippen LogP contribution in [-0.2, 0) is 9.53 Å². The fourth-order valence-electron chi connectivity index (χ4n) is 3.48. The number of para-hydroxylation sites is 1. The summed E-state index contributed by atoms with van der Waals surface area (Å²) in [4.78, 5) is 16.1. The minimum atomic E-state index is -0.472. The second kappa shape index (κ2) is 9.03. The number of nitrogens with two attached hydrogens (primary N) is 1. The van der Waals surface area contributed by atoms with Crippen molar-refractivity contribution in [3.05, 3.63) is 56.2 Å². The van der Waals surface area contributed by atoms with Gasteiger partial charge in [0.15, 0.2) is 6.61 Å². The number of allylic oxidation sites excluding steroid dienone is 3. The molecule has 0 aliphatic heterocycles. The normalized spacial score (nSPS) is 13.5. The molecule has 0 unspecified atom stereocenters. The van der Waals surface area contributed by atoms with Crippen molar-refractivity contribution < 1.29 is 14.3 Å². The van der Waals surface area contributed by atoms with E-state index < -0.39 is 5.97 Å². The Labute approximate surface area is 188 Å². The van der Waals surface area contributed by atoms with E-state index in [1.807, 2.05) is 25.1 Å². The van der Waals surface area contributed by atoms with Gasteiger partial charge in [-0.1, -0.05) is 12.1 Å². The van der Waals surface area contributed by atoms with E-state index >= 15 is 0 Å².